The predicted octanol–water partition coefficient (Wildman–Crippen LogP) is 3.62. The van der Waals surface area contributed by atoms with Gasteiger partial charge in [0.05, 0.1) is 6.10 Å². The number of benzene rings is 1. The average Bonchev–Trinajstić information content (AvgIpc) is 2.36. The van der Waals surface area contributed by atoms with E-state index in [1.807, 2.05) is 26.0 Å². The standard InChI is InChI=1S/C15H22BrNO2/c1-11(2)19-14-6-4-5-13(9-14)15(18)17-10-12(3)7-8-16/h4-6,9,11-12H,7-8,10H2,1-3H3,(H,17,18). The molecule has 0 aliphatic heterocycles. The number of nitrogens with one attached hydrogen (secondary N) is 1. The van der Waals surface area contributed by atoms with Gasteiger partial charge in [0.1, 0.15) is 5.75 Å². The molecule has 1 N–H and O–H groups in total. The Hall–Kier alpha value is -1.03. The fourth-order valence-electron chi connectivity index (χ4n) is 1.64. The van der Waals surface area contributed by atoms with E-state index < -0.39 is 0 Å². The van der Waals surface area contributed by atoms with Gasteiger partial charge in [0, 0.05) is 17.4 Å². The van der Waals surface area contributed by atoms with E-state index in [2.05, 4.69) is 28.2 Å². The number of ether oxygens (including phenoxy) is 1. The van der Waals surface area contributed by atoms with Crippen LogP contribution >= 0.6 is 15.9 Å². The van der Waals surface area contributed by atoms with Crippen LogP contribution in [0.4, 0.5) is 0 Å². The lowest BCUT2D eigenvalue weighted by Crippen LogP contribution is -2.28. The second-order valence-electron chi connectivity index (χ2n) is 4.99. The highest BCUT2D eigenvalue weighted by atomic mass is 79.9. The van der Waals surface area contributed by atoms with E-state index >= 15 is 0 Å². The molecule has 19 heavy (non-hydrogen) atoms. The fourth-order valence-corrected chi connectivity index (χ4v) is 2.42. The van der Waals surface area contributed by atoms with E-state index in [0.29, 0.717) is 18.0 Å². The van der Waals surface area contributed by atoms with Gasteiger partial charge in [-0.15, -0.1) is 0 Å². The van der Waals surface area contributed by atoms with Crippen LogP contribution in [0.3, 0.4) is 0 Å². The zero-order valence-corrected chi connectivity index (χ0v) is 13.4. The largest absolute Gasteiger partial charge is 0.491 e. The number of carbonyl (C=O) groups is 1. The first-order valence-electron chi connectivity index (χ1n) is 6.63. The van der Waals surface area contributed by atoms with Gasteiger partial charge in [-0.2, -0.15) is 0 Å². The summed E-state index contributed by atoms with van der Waals surface area (Å²) in [4.78, 5) is 12.0. The molecule has 0 aromatic heterocycles. The minimum absolute atomic E-state index is 0.0457. The molecule has 1 amide bonds. The third-order valence-electron chi connectivity index (χ3n) is 2.68. The highest BCUT2D eigenvalue weighted by Crippen LogP contribution is 2.15. The Morgan fingerprint density at radius 1 is 1.37 bits per heavy atom. The smallest absolute Gasteiger partial charge is 0.251 e. The first-order valence-corrected chi connectivity index (χ1v) is 7.76. The molecule has 0 fully saturated rings. The fraction of sp³-hybridized carbons (Fsp3) is 0.533. The highest BCUT2D eigenvalue weighted by molar-refractivity contribution is 9.09. The van der Waals surface area contributed by atoms with Crippen LogP contribution in [0.5, 0.6) is 5.75 Å². The molecule has 0 saturated carbocycles. The van der Waals surface area contributed by atoms with Crippen molar-refractivity contribution in [3.05, 3.63) is 29.8 Å². The Kier molecular flexibility index (Phi) is 6.92. The molecule has 1 atom stereocenters. The number of carbonyl (C=O) groups excluding carboxylic acids is 1. The Morgan fingerprint density at radius 2 is 2.11 bits per heavy atom. The van der Waals surface area contributed by atoms with Crippen molar-refractivity contribution in [1.82, 2.24) is 5.32 Å². The van der Waals surface area contributed by atoms with Gasteiger partial charge in [-0.3, -0.25) is 4.79 Å². The lowest BCUT2D eigenvalue weighted by molar-refractivity contribution is 0.0947. The molecular formula is C15H22BrNO2. The molecule has 0 spiro atoms. The first kappa shape index (κ1) is 16.0. The molecule has 0 aliphatic rings. The van der Waals surface area contributed by atoms with E-state index in [0.717, 1.165) is 17.5 Å². The zero-order valence-electron chi connectivity index (χ0n) is 11.8. The van der Waals surface area contributed by atoms with E-state index in [4.69, 9.17) is 4.74 Å². The van der Waals surface area contributed by atoms with Gasteiger partial charge in [-0.1, -0.05) is 28.9 Å². The maximum Gasteiger partial charge on any atom is 0.251 e. The van der Waals surface area contributed by atoms with E-state index in [1.54, 1.807) is 12.1 Å². The molecule has 4 heteroatoms. The van der Waals surface area contributed by atoms with Crippen LogP contribution in [0.1, 0.15) is 37.6 Å². The molecule has 0 heterocycles. The van der Waals surface area contributed by atoms with Crippen molar-refractivity contribution in [2.45, 2.75) is 33.3 Å². The van der Waals surface area contributed by atoms with Crippen LogP contribution in [0.2, 0.25) is 0 Å². The van der Waals surface area contributed by atoms with E-state index in [-0.39, 0.29) is 12.0 Å². The minimum atomic E-state index is -0.0457. The highest BCUT2D eigenvalue weighted by Gasteiger charge is 2.09. The molecule has 0 bridgehead atoms. The average molecular weight is 328 g/mol. The van der Waals surface area contributed by atoms with Crippen molar-refractivity contribution in [3.8, 4) is 5.75 Å². The van der Waals surface area contributed by atoms with Crippen molar-refractivity contribution in [2.75, 3.05) is 11.9 Å². The zero-order chi connectivity index (χ0) is 14.3. The van der Waals surface area contributed by atoms with Crippen LogP contribution in [0.25, 0.3) is 0 Å². The summed E-state index contributed by atoms with van der Waals surface area (Å²) in [6, 6.07) is 7.29. The van der Waals surface area contributed by atoms with Gasteiger partial charge >= 0.3 is 0 Å². The summed E-state index contributed by atoms with van der Waals surface area (Å²) >= 11 is 3.41. The van der Waals surface area contributed by atoms with Crippen molar-refractivity contribution >= 4 is 21.8 Å². The number of alkyl halides is 1. The van der Waals surface area contributed by atoms with Crippen molar-refractivity contribution in [3.63, 3.8) is 0 Å². The Morgan fingerprint density at radius 3 is 2.74 bits per heavy atom. The molecule has 106 valence electrons. The Balaban J connectivity index is 2.56. The maximum absolute atomic E-state index is 12.0. The summed E-state index contributed by atoms with van der Waals surface area (Å²) in [5, 5.41) is 3.91. The monoisotopic (exact) mass is 327 g/mol. The minimum Gasteiger partial charge on any atom is -0.491 e. The van der Waals surface area contributed by atoms with Crippen molar-refractivity contribution in [1.29, 1.82) is 0 Å². The number of rotatable bonds is 7. The molecule has 0 saturated heterocycles. The molecule has 1 aromatic rings. The Labute approximate surface area is 123 Å². The summed E-state index contributed by atoms with van der Waals surface area (Å²) in [5.41, 5.74) is 0.643. The summed E-state index contributed by atoms with van der Waals surface area (Å²) in [5.74, 6) is 1.16. The van der Waals surface area contributed by atoms with Gasteiger partial charge in [0.2, 0.25) is 0 Å². The molecule has 1 unspecified atom stereocenters. The van der Waals surface area contributed by atoms with Gasteiger partial charge in [-0.05, 0) is 44.4 Å². The summed E-state index contributed by atoms with van der Waals surface area (Å²) < 4.78 is 5.58. The SMILES string of the molecule is CC(CCBr)CNC(=O)c1cccc(OC(C)C)c1. The third-order valence-corrected chi connectivity index (χ3v) is 3.14. The summed E-state index contributed by atoms with van der Waals surface area (Å²) in [6.07, 6.45) is 1.16. The van der Waals surface area contributed by atoms with E-state index in [1.165, 1.54) is 0 Å². The van der Waals surface area contributed by atoms with Gasteiger partial charge in [0.15, 0.2) is 0 Å². The lowest BCUT2D eigenvalue weighted by Gasteiger charge is -2.13. The summed E-state index contributed by atoms with van der Waals surface area (Å²) in [7, 11) is 0. The van der Waals surface area contributed by atoms with Crippen molar-refractivity contribution < 1.29 is 9.53 Å². The van der Waals surface area contributed by atoms with Crippen LogP contribution in [-0.4, -0.2) is 23.9 Å². The van der Waals surface area contributed by atoms with Crippen LogP contribution in [0.15, 0.2) is 24.3 Å². The molecule has 1 aromatic carbocycles. The number of hydrogen-bond donors (Lipinski definition) is 1. The number of hydrogen-bond acceptors (Lipinski definition) is 2. The number of amides is 1. The van der Waals surface area contributed by atoms with Gasteiger partial charge < -0.3 is 10.1 Å². The third kappa shape index (κ3) is 6.10. The quantitative estimate of drug-likeness (QED) is 0.776. The van der Waals surface area contributed by atoms with Gasteiger partial charge in [-0.25, -0.2) is 0 Å². The van der Waals surface area contributed by atoms with Crippen LogP contribution in [0, 0.1) is 5.92 Å². The second-order valence-corrected chi connectivity index (χ2v) is 5.78. The number of halogens is 1. The van der Waals surface area contributed by atoms with Crippen LogP contribution in [-0.2, 0) is 0 Å². The molecule has 0 aliphatic carbocycles. The van der Waals surface area contributed by atoms with Gasteiger partial charge in [0.25, 0.3) is 5.91 Å². The first-order chi connectivity index (χ1) is 9.02. The topological polar surface area (TPSA) is 38.3 Å². The maximum atomic E-state index is 12.0. The van der Waals surface area contributed by atoms with E-state index in [9.17, 15) is 4.79 Å². The molecular weight excluding hydrogens is 306 g/mol. The Bertz CT molecular complexity index is 407. The normalized spacial score (nSPS) is 12.3. The molecule has 1 rings (SSSR count). The molecule has 0 radical (unpaired) electrons. The lowest BCUT2D eigenvalue weighted by atomic mass is 10.1. The molecule has 3 nitrogen and oxygen atoms in total. The summed E-state index contributed by atoms with van der Waals surface area (Å²) in [6.45, 7) is 6.75. The van der Waals surface area contributed by atoms with Crippen molar-refractivity contribution in [2.24, 2.45) is 5.92 Å². The van der Waals surface area contributed by atoms with Crippen LogP contribution < -0.4 is 10.1 Å². The second kappa shape index (κ2) is 8.20. The predicted molar refractivity (Wildman–Crippen MR) is 82.1 cm³/mol.